The van der Waals surface area contributed by atoms with Gasteiger partial charge in [-0.3, -0.25) is 4.90 Å². The smallest absolute Gasteiger partial charge is 0.211 e. The van der Waals surface area contributed by atoms with Crippen molar-refractivity contribution in [1.29, 1.82) is 0 Å². The zero-order valence-electron chi connectivity index (χ0n) is 18.4. The summed E-state index contributed by atoms with van der Waals surface area (Å²) in [5.74, 6) is 0. The molecule has 2 unspecified atom stereocenters. The summed E-state index contributed by atoms with van der Waals surface area (Å²) in [4.78, 5) is 2.58. The Kier molecular flexibility index (Phi) is 7.81. The van der Waals surface area contributed by atoms with Crippen LogP contribution in [0.3, 0.4) is 0 Å². The van der Waals surface area contributed by atoms with Crippen molar-refractivity contribution in [2.45, 2.75) is 43.8 Å². The Morgan fingerprint density at radius 1 is 0.844 bits per heavy atom. The Morgan fingerprint density at radius 2 is 1.34 bits per heavy atom. The molecule has 174 valence electrons. The average Bonchev–Trinajstić information content (AvgIpc) is 2.77. The molecule has 2 heterocycles. The molecule has 2 atom stereocenters. The fourth-order valence-corrected chi connectivity index (χ4v) is 6.45. The minimum Gasteiger partial charge on any atom is -0.317 e. The van der Waals surface area contributed by atoms with E-state index in [0.717, 1.165) is 44.5 Å². The van der Waals surface area contributed by atoms with Gasteiger partial charge in [0.25, 0.3) is 0 Å². The topological polar surface area (TPSA) is 52.7 Å². The number of piperazine rings is 1. The molecule has 0 aliphatic carbocycles. The highest BCUT2D eigenvalue weighted by Gasteiger charge is 2.41. The minimum atomic E-state index is -3.34. The number of benzene rings is 2. The lowest BCUT2D eigenvalue weighted by molar-refractivity contribution is 0.0291. The lowest BCUT2D eigenvalue weighted by Crippen LogP contribution is -2.64. The SMILES string of the molecule is CS(=O)(=O)N1CC(Cc2ccc(Cl)cc2)N(C2CCNCC2)CC1Cc1ccc(Cl)cc1. The molecule has 0 saturated carbocycles. The van der Waals surface area contributed by atoms with Gasteiger partial charge < -0.3 is 5.32 Å². The predicted molar refractivity (Wildman–Crippen MR) is 132 cm³/mol. The van der Waals surface area contributed by atoms with Crippen LogP contribution in [0.15, 0.2) is 48.5 Å². The number of nitrogens with one attached hydrogen (secondary N) is 1. The van der Waals surface area contributed by atoms with Gasteiger partial charge in [0.1, 0.15) is 0 Å². The molecule has 0 spiro atoms. The summed E-state index contributed by atoms with van der Waals surface area (Å²) in [6.45, 7) is 3.25. The molecule has 0 aromatic heterocycles. The van der Waals surface area contributed by atoms with Gasteiger partial charge >= 0.3 is 0 Å². The van der Waals surface area contributed by atoms with E-state index in [9.17, 15) is 8.42 Å². The molecule has 8 heteroatoms. The molecule has 2 aromatic rings. The normalized spacial score (nSPS) is 24.0. The molecule has 2 fully saturated rings. The van der Waals surface area contributed by atoms with Crippen molar-refractivity contribution in [2.75, 3.05) is 32.4 Å². The zero-order valence-corrected chi connectivity index (χ0v) is 20.7. The molecular weight excluding hydrogens is 465 g/mol. The maximum absolute atomic E-state index is 12.8. The van der Waals surface area contributed by atoms with Crippen molar-refractivity contribution in [3.8, 4) is 0 Å². The van der Waals surface area contributed by atoms with Crippen LogP contribution in [0.1, 0.15) is 24.0 Å². The van der Waals surface area contributed by atoms with Crippen molar-refractivity contribution in [3.63, 3.8) is 0 Å². The van der Waals surface area contributed by atoms with Crippen LogP contribution in [0, 0.1) is 0 Å². The van der Waals surface area contributed by atoms with E-state index in [1.54, 1.807) is 4.31 Å². The fraction of sp³-hybridized carbons (Fsp3) is 0.500. The third kappa shape index (κ3) is 6.04. The molecule has 2 aliphatic heterocycles. The van der Waals surface area contributed by atoms with Crippen LogP contribution < -0.4 is 5.32 Å². The van der Waals surface area contributed by atoms with E-state index in [1.165, 1.54) is 11.8 Å². The Bertz CT molecular complexity index is 993. The molecule has 0 amide bonds. The van der Waals surface area contributed by atoms with Gasteiger partial charge in [-0.05, 0) is 74.2 Å². The van der Waals surface area contributed by atoms with Gasteiger partial charge in [0.2, 0.25) is 10.0 Å². The van der Waals surface area contributed by atoms with E-state index in [0.29, 0.717) is 29.1 Å². The summed E-state index contributed by atoms with van der Waals surface area (Å²) in [7, 11) is -3.34. The number of hydrogen-bond donors (Lipinski definition) is 1. The van der Waals surface area contributed by atoms with Crippen molar-refractivity contribution in [3.05, 3.63) is 69.7 Å². The molecule has 0 radical (unpaired) electrons. The summed E-state index contributed by atoms with van der Waals surface area (Å²) in [5.41, 5.74) is 2.29. The first-order chi connectivity index (χ1) is 15.3. The molecular formula is C24H31Cl2N3O2S. The highest BCUT2D eigenvalue weighted by molar-refractivity contribution is 7.88. The first-order valence-corrected chi connectivity index (χ1v) is 13.8. The molecule has 2 aliphatic rings. The Balaban J connectivity index is 1.61. The van der Waals surface area contributed by atoms with Gasteiger partial charge in [-0.15, -0.1) is 0 Å². The van der Waals surface area contributed by atoms with Crippen LogP contribution in [0.5, 0.6) is 0 Å². The lowest BCUT2D eigenvalue weighted by atomic mass is 9.93. The Hall–Kier alpha value is -1.15. The lowest BCUT2D eigenvalue weighted by Gasteiger charge is -2.49. The summed E-state index contributed by atoms with van der Waals surface area (Å²) in [6, 6.07) is 16.2. The van der Waals surface area contributed by atoms with Crippen LogP contribution in [-0.2, 0) is 22.9 Å². The van der Waals surface area contributed by atoms with Crippen LogP contribution in [-0.4, -0.2) is 68.2 Å². The van der Waals surface area contributed by atoms with Crippen molar-refractivity contribution in [2.24, 2.45) is 0 Å². The third-order valence-electron chi connectivity index (χ3n) is 6.66. The van der Waals surface area contributed by atoms with Gasteiger partial charge in [0.05, 0.1) is 6.26 Å². The first-order valence-electron chi connectivity index (χ1n) is 11.2. The monoisotopic (exact) mass is 495 g/mol. The number of rotatable bonds is 6. The van der Waals surface area contributed by atoms with E-state index in [4.69, 9.17) is 23.2 Å². The van der Waals surface area contributed by atoms with E-state index < -0.39 is 10.0 Å². The average molecular weight is 497 g/mol. The molecule has 4 rings (SSSR count). The summed E-state index contributed by atoms with van der Waals surface area (Å²) in [5, 5.41) is 4.86. The number of halogens is 2. The molecule has 2 saturated heterocycles. The van der Waals surface area contributed by atoms with E-state index in [1.807, 2.05) is 48.5 Å². The second-order valence-corrected chi connectivity index (χ2v) is 11.8. The maximum Gasteiger partial charge on any atom is 0.211 e. The maximum atomic E-state index is 12.8. The second kappa shape index (κ2) is 10.4. The highest BCUT2D eigenvalue weighted by Crippen LogP contribution is 2.28. The van der Waals surface area contributed by atoms with E-state index in [-0.39, 0.29) is 12.1 Å². The number of sulfonamides is 1. The van der Waals surface area contributed by atoms with E-state index in [2.05, 4.69) is 10.2 Å². The van der Waals surface area contributed by atoms with Gasteiger partial charge in [0.15, 0.2) is 0 Å². The second-order valence-electron chi connectivity index (χ2n) is 8.98. The largest absolute Gasteiger partial charge is 0.317 e. The van der Waals surface area contributed by atoms with Crippen LogP contribution in [0.25, 0.3) is 0 Å². The van der Waals surface area contributed by atoms with Crippen LogP contribution >= 0.6 is 23.2 Å². The first kappa shape index (κ1) is 24.0. The standard InChI is InChI=1S/C24H31Cl2N3O2S/c1-32(30,31)29-17-23(14-18-2-6-20(25)7-3-18)28(22-10-12-27-13-11-22)16-24(29)15-19-4-8-21(26)9-5-19/h2-9,22-24,27H,10-17H2,1H3. The van der Waals surface area contributed by atoms with E-state index >= 15 is 0 Å². The number of piperidine rings is 1. The van der Waals surface area contributed by atoms with Crippen molar-refractivity contribution in [1.82, 2.24) is 14.5 Å². The minimum absolute atomic E-state index is 0.0949. The van der Waals surface area contributed by atoms with Crippen molar-refractivity contribution < 1.29 is 8.42 Å². The predicted octanol–water partition coefficient (Wildman–Crippen LogP) is 3.85. The van der Waals surface area contributed by atoms with Crippen molar-refractivity contribution >= 4 is 33.2 Å². The van der Waals surface area contributed by atoms with Crippen LogP contribution in [0.2, 0.25) is 10.0 Å². The van der Waals surface area contributed by atoms with Gasteiger partial charge in [0, 0.05) is 41.3 Å². The Morgan fingerprint density at radius 3 is 1.84 bits per heavy atom. The van der Waals surface area contributed by atoms with Gasteiger partial charge in [-0.1, -0.05) is 47.5 Å². The van der Waals surface area contributed by atoms with Crippen LogP contribution in [0.4, 0.5) is 0 Å². The fourth-order valence-electron chi connectivity index (χ4n) is 5.07. The quantitative estimate of drug-likeness (QED) is 0.661. The third-order valence-corrected chi connectivity index (χ3v) is 8.46. The molecule has 2 aromatic carbocycles. The zero-order chi connectivity index (χ0) is 22.7. The summed E-state index contributed by atoms with van der Waals surface area (Å²) < 4.78 is 27.4. The summed E-state index contributed by atoms with van der Waals surface area (Å²) >= 11 is 12.1. The Labute approximate surface area is 201 Å². The molecule has 32 heavy (non-hydrogen) atoms. The molecule has 1 N–H and O–H groups in total. The van der Waals surface area contributed by atoms with Gasteiger partial charge in [-0.2, -0.15) is 4.31 Å². The number of nitrogens with zero attached hydrogens (tertiary/aromatic N) is 2. The molecule has 0 bridgehead atoms. The summed E-state index contributed by atoms with van der Waals surface area (Å²) in [6.07, 6.45) is 4.99. The number of hydrogen-bond acceptors (Lipinski definition) is 4. The highest BCUT2D eigenvalue weighted by atomic mass is 35.5. The van der Waals surface area contributed by atoms with Gasteiger partial charge in [-0.25, -0.2) is 8.42 Å². The molecule has 5 nitrogen and oxygen atoms in total.